The molecule has 1 aliphatic heterocycles. The van der Waals surface area contributed by atoms with Gasteiger partial charge in [-0.15, -0.1) is 0 Å². The van der Waals surface area contributed by atoms with Gasteiger partial charge in [0.25, 0.3) is 0 Å². The van der Waals surface area contributed by atoms with Crippen molar-refractivity contribution in [3.8, 4) is 0 Å². The molecule has 88 valence electrons. The molecule has 1 rings (SSSR count). The highest BCUT2D eigenvalue weighted by molar-refractivity contribution is 6.74. The van der Waals surface area contributed by atoms with Crippen molar-refractivity contribution in [1.82, 2.24) is 5.32 Å². The Labute approximate surface area is 93.7 Å². The summed E-state index contributed by atoms with van der Waals surface area (Å²) >= 11 is 0. The van der Waals surface area contributed by atoms with Crippen LogP contribution >= 0.6 is 0 Å². The van der Waals surface area contributed by atoms with E-state index in [0.29, 0.717) is 0 Å². The maximum absolute atomic E-state index is 11.6. The molecule has 0 saturated carbocycles. The number of nitrogens with one attached hydrogen (secondary N) is 1. The van der Waals surface area contributed by atoms with Gasteiger partial charge in [-0.2, -0.15) is 0 Å². The standard InChI is InChI=1S/C11H23NO2Si/c1-11(2,3)15(4,5)14-9-7-6-8-12-10(9)13/h9H,6-8H2,1-5H3,(H,12,13). The van der Waals surface area contributed by atoms with E-state index in [-0.39, 0.29) is 17.0 Å². The van der Waals surface area contributed by atoms with Crippen molar-refractivity contribution < 1.29 is 9.22 Å². The van der Waals surface area contributed by atoms with Gasteiger partial charge >= 0.3 is 0 Å². The predicted molar refractivity (Wildman–Crippen MR) is 64.3 cm³/mol. The second kappa shape index (κ2) is 4.26. The Kier molecular flexibility index (Phi) is 3.61. The van der Waals surface area contributed by atoms with Gasteiger partial charge in [-0.3, -0.25) is 4.79 Å². The van der Waals surface area contributed by atoms with E-state index in [1.54, 1.807) is 0 Å². The Hall–Kier alpha value is -0.353. The molecule has 3 nitrogen and oxygen atoms in total. The Morgan fingerprint density at radius 1 is 1.40 bits per heavy atom. The van der Waals surface area contributed by atoms with Crippen LogP contribution in [0, 0.1) is 0 Å². The zero-order chi connectivity index (χ0) is 11.7. The number of rotatable bonds is 2. The zero-order valence-electron chi connectivity index (χ0n) is 10.5. The highest BCUT2D eigenvalue weighted by atomic mass is 28.4. The Morgan fingerprint density at radius 3 is 2.47 bits per heavy atom. The summed E-state index contributed by atoms with van der Waals surface area (Å²) < 4.78 is 6.08. The number of hydrogen-bond donors (Lipinski definition) is 1. The van der Waals surface area contributed by atoms with Gasteiger partial charge in [0.1, 0.15) is 6.10 Å². The maximum atomic E-state index is 11.6. The molecule has 1 saturated heterocycles. The molecule has 0 bridgehead atoms. The molecule has 4 heteroatoms. The molecule has 1 N–H and O–H groups in total. The lowest BCUT2D eigenvalue weighted by atomic mass is 10.1. The third kappa shape index (κ3) is 3.05. The smallest absolute Gasteiger partial charge is 0.247 e. The Balaban J connectivity index is 2.63. The predicted octanol–water partition coefficient (Wildman–Crippen LogP) is 2.29. The lowest BCUT2D eigenvalue weighted by Crippen LogP contribution is -2.50. The molecule has 1 fully saturated rings. The monoisotopic (exact) mass is 229 g/mol. The van der Waals surface area contributed by atoms with Crippen molar-refractivity contribution in [1.29, 1.82) is 0 Å². The van der Waals surface area contributed by atoms with E-state index in [9.17, 15) is 4.79 Å². The fourth-order valence-electron chi connectivity index (χ4n) is 1.39. The average molecular weight is 229 g/mol. The van der Waals surface area contributed by atoms with E-state index in [2.05, 4.69) is 39.2 Å². The lowest BCUT2D eigenvalue weighted by Gasteiger charge is -2.39. The molecule has 0 spiro atoms. The molecule has 1 atom stereocenters. The normalized spacial score (nSPS) is 23.8. The molecule has 0 aromatic carbocycles. The summed E-state index contributed by atoms with van der Waals surface area (Å²) in [5, 5.41) is 3.04. The second-order valence-electron chi connectivity index (χ2n) is 5.80. The third-order valence-electron chi connectivity index (χ3n) is 3.48. The zero-order valence-corrected chi connectivity index (χ0v) is 11.5. The summed E-state index contributed by atoms with van der Waals surface area (Å²) in [5.41, 5.74) is 0. The van der Waals surface area contributed by atoms with Crippen molar-refractivity contribution in [3.63, 3.8) is 0 Å². The number of piperidine rings is 1. The number of carbonyl (C=O) groups is 1. The summed E-state index contributed by atoms with van der Waals surface area (Å²) in [6.07, 6.45) is 1.70. The highest BCUT2D eigenvalue weighted by Crippen LogP contribution is 2.37. The van der Waals surface area contributed by atoms with Gasteiger partial charge < -0.3 is 9.74 Å². The van der Waals surface area contributed by atoms with Crippen LogP contribution in [0.15, 0.2) is 0 Å². The van der Waals surface area contributed by atoms with Crippen LogP contribution in [0.2, 0.25) is 18.1 Å². The van der Waals surface area contributed by atoms with Crippen LogP contribution in [0.4, 0.5) is 0 Å². The fraction of sp³-hybridized carbons (Fsp3) is 0.909. The first-order valence-electron chi connectivity index (χ1n) is 5.69. The highest BCUT2D eigenvalue weighted by Gasteiger charge is 2.41. The summed E-state index contributed by atoms with van der Waals surface area (Å²) in [4.78, 5) is 11.6. The quantitative estimate of drug-likeness (QED) is 0.738. The van der Waals surface area contributed by atoms with Gasteiger partial charge in [0.05, 0.1) is 0 Å². The van der Waals surface area contributed by atoms with Crippen molar-refractivity contribution in [3.05, 3.63) is 0 Å². The van der Waals surface area contributed by atoms with E-state index in [1.165, 1.54) is 0 Å². The van der Waals surface area contributed by atoms with E-state index in [0.717, 1.165) is 19.4 Å². The van der Waals surface area contributed by atoms with Crippen LogP contribution in [0.25, 0.3) is 0 Å². The van der Waals surface area contributed by atoms with Gasteiger partial charge in [0.15, 0.2) is 8.32 Å². The maximum Gasteiger partial charge on any atom is 0.247 e. The molecule has 0 aromatic rings. The van der Waals surface area contributed by atoms with Crippen LogP contribution in [0.1, 0.15) is 33.6 Å². The van der Waals surface area contributed by atoms with Crippen molar-refractivity contribution in [2.75, 3.05) is 6.54 Å². The summed E-state index contributed by atoms with van der Waals surface area (Å²) in [6, 6.07) is 0. The minimum absolute atomic E-state index is 0.0751. The Morgan fingerprint density at radius 2 is 2.00 bits per heavy atom. The molecule has 15 heavy (non-hydrogen) atoms. The van der Waals surface area contributed by atoms with Gasteiger partial charge in [0.2, 0.25) is 5.91 Å². The van der Waals surface area contributed by atoms with E-state index in [4.69, 9.17) is 4.43 Å². The first-order valence-corrected chi connectivity index (χ1v) is 8.60. The molecule has 0 radical (unpaired) electrons. The van der Waals surface area contributed by atoms with Gasteiger partial charge in [-0.1, -0.05) is 20.8 Å². The van der Waals surface area contributed by atoms with E-state index >= 15 is 0 Å². The topological polar surface area (TPSA) is 38.3 Å². The largest absolute Gasteiger partial charge is 0.405 e. The van der Waals surface area contributed by atoms with Gasteiger partial charge in [-0.25, -0.2) is 0 Å². The van der Waals surface area contributed by atoms with Crippen LogP contribution in [-0.4, -0.2) is 26.9 Å². The minimum atomic E-state index is -1.79. The van der Waals surface area contributed by atoms with E-state index < -0.39 is 8.32 Å². The molecule has 1 aliphatic rings. The SMILES string of the molecule is CC(C)(C)[Si](C)(C)OC1CCCNC1=O. The molecule has 0 aromatic heterocycles. The van der Waals surface area contributed by atoms with E-state index in [1.807, 2.05) is 0 Å². The average Bonchev–Trinajstić information content (AvgIpc) is 2.06. The molecule has 1 amide bonds. The van der Waals surface area contributed by atoms with Crippen LogP contribution in [-0.2, 0) is 9.22 Å². The van der Waals surface area contributed by atoms with Crippen LogP contribution in [0.3, 0.4) is 0 Å². The number of carbonyl (C=O) groups excluding carboxylic acids is 1. The number of amides is 1. The van der Waals surface area contributed by atoms with Crippen molar-refractivity contribution in [2.24, 2.45) is 0 Å². The Bertz CT molecular complexity index is 245. The molecule has 1 unspecified atom stereocenters. The van der Waals surface area contributed by atoms with Crippen LogP contribution < -0.4 is 5.32 Å². The minimum Gasteiger partial charge on any atom is -0.405 e. The third-order valence-corrected chi connectivity index (χ3v) is 7.96. The molecule has 0 aliphatic carbocycles. The fourth-order valence-corrected chi connectivity index (χ4v) is 2.68. The second-order valence-corrected chi connectivity index (χ2v) is 10.6. The molecule has 1 heterocycles. The van der Waals surface area contributed by atoms with Gasteiger partial charge in [0, 0.05) is 6.54 Å². The van der Waals surface area contributed by atoms with Crippen molar-refractivity contribution in [2.45, 2.75) is 57.8 Å². The molecular weight excluding hydrogens is 206 g/mol. The summed E-state index contributed by atoms with van der Waals surface area (Å²) in [5.74, 6) is 0.0751. The van der Waals surface area contributed by atoms with Crippen molar-refractivity contribution >= 4 is 14.2 Å². The number of hydrogen-bond acceptors (Lipinski definition) is 2. The first kappa shape index (κ1) is 12.7. The van der Waals surface area contributed by atoms with Gasteiger partial charge in [-0.05, 0) is 31.0 Å². The van der Waals surface area contributed by atoms with Crippen LogP contribution in [0.5, 0.6) is 0 Å². The summed E-state index contributed by atoms with van der Waals surface area (Å²) in [7, 11) is -1.79. The lowest BCUT2D eigenvalue weighted by molar-refractivity contribution is -0.130. The summed E-state index contributed by atoms with van der Waals surface area (Å²) in [6.45, 7) is 11.8. The first-order chi connectivity index (χ1) is 6.74. The molecular formula is C11H23NO2Si.